The summed E-state index contributed by atoms with van der Waals surface area (Å²) in [6.45, 7) is 0. The number of rotatable bonds is 0. The molecule has 0 aromatic rings. The van der Waals surface area contributed by atoms with Crippen LogP contribution in [-0.4, -0.2) is 23.3 Å². The van der Waals surface area contributed by atoms with Gasteiger partial charge in [-0.2, -0.15) is 0 Å². The van der Waals surface area contributed by atoms with E-state index in [4.69, 9.17) is 4.74 Å². The lowest BCUT2D eigenvalue weighted by Crippen LogP contribution is -2.31. The van der Waals surface area contributed by atoms with Crippen molar-refractivity contribution >= 4 is 5.97 Å². The van der Waals surface area contributed by atoms with Crippen molar-refractivity contribution in [3.63, 3.8) is 0 Å². The molecular weight excluding hydrogens is 144 g/mol. The minimum atomic E-state index is -0.471. The Hall–Kier alpha value is -0.830. The van der Waals surface area contributed by atoms with E-state index in [2.05, 4.69) is 0 Å². The van der Waals surface area contributed by atoms with E-state index in [0.717, 1.165) is 24.8 Å². The first-order chi connectivity index (χ1) is 5.27. The molecule has 1 N–H and O–H groups in total. The first-order valence-corrected chi connectivity index (χ1v) is 3.86. The maximum atomic E-state index is 10.7. The number of aliphatic hydroxyl groups is 1. The highest BCUT2D eigenvalue weighted by Gasteiger charge is 2.34. The van der Waals surface area contributed by atoms with Crippen LogP contribution in [0.1, 0.15) is 19.3 Å². The predicted octanol–water partition coefficient (Wildman–Crippen LogP) is 0.383. The molecule has 0 aromatic heterocycles. The van der Waals surface area contributed by atoms with Gasteiger partial charge < -0.3 is 9.84 Å². The molecule has 0 saturated heterocycles. The fourth-order valence-corrected chi connectivity index (χ4v) is 1.68. The minimum absolute atomic E-state index is 0.300. The van der Waals surface area contributed by atoms with Crippen LogP contribution in [0.2, 0.25) is 0 Å². The molecule has 0 amide bonds. The number of esters is 1. The Balaban J connectivity index is 2.20. The van der Waals surface area contributed by atoms with Gasteiger partial charge in [0.05, 0.1) is 6.10 Å². The smallest absolute Gasteiger partial charge is 0.331 e. The summed E-state index contributed by atoms with van der Waals surface area (Å²) < 4.78 is 4.90. The van der Waals surface area contributed by atoms with Crippen LogP contribution in [0.4, 0.5) is 0 Å². The van der Waals surface area contributed by atoms with Gasteiger partial charge in [0.2, 0.25) is 0 Å². The molecule has 60 valence electrons. The molecule has 3 heteroatoms. The maximum Gasteiger partial charge on any atom is 0.331 e. The van der Waals surface area contributed by atoms with Crippen molar-refractivity contribution < 1.29 is 14.6 Å². The van der Waals surface area contributed by atoms with Gasteiger partial charge in [-0.3, -0.25) is 0 Å². The molecule has 1 aliphatic heterocycles. The quantitative estimate of drug-likeness (QED) is 0.513. The van der Waals surface area contributed by atoms with Gasteiger partial charge in [-0.05, 0) is 24.8 Å². The van der Waals surface area contributed by atoms with E-state index in [1.165, 1.54) is 6.08 Å². The summed E-state index contributed by atoms with van der Waals surface area (Å²) in [6.07, 6.45) is 3.31. The van der Waals surface area contributed by atoms with E-state index in [1.54, 1.807) is 0 Å². The van der Waals surface area contributed by atoms with E-state index < -0.39 is 6.10 Å². The van der Waals surface area contributed by atoms with E-state index in [0.29, 0.717) is 0 Å². The van der Waals surface area contributed by atoms with E-state index in [9.17, 15) is 9.90 Å². The Kier molecular flexibility index (Phi) is 1.46. The van der Waals surface area contributed by atoms with Gasteiger partial charge in [-0.25, -0.2) is 4.79 Å². The number of ether oxygens (including phenoxy) is 1. The topological polar surface area (TPSA) is 46.5 Å². The van der Waals surface area contributed by atoms with Crippen LogP contribution in [0.3, 0.4) is 0 Å². The Morgan fingerprint density at radius 1 is 1.64 bits per heavy atom. The van der Waals surface area contributed by atoms with Gasteiger partial charge in [0, 0.05) is 6.08 Å². The summed E-state index contributed by atoms with van der Waals surface area (Å²) >= 11 is 0. The van der Waals surface area contributed by atoms with Gasteiger partial charge >= 0.3 is 5.97 Å². The van der Waals surface area contributed by atoms with Crippen molar-refractivity contribution in [3.8, 4) is 0 Å². The Morgan fingerprint density at radius 3 is 3.18 bits per heavy atom. The summed E-state index contributed by atoms with van der Waals surface area (Å²) in [5, 5.41) is 9.38. The Morgan fingerprint density at radius 2 is 2.45 bits per heavy atom. The lowest BCUT2D eigenvalue weighted by molar-refractivity contribution is -0.143. The number of hydrogen-bond acceptors (Lipinski definition) is 3. The second-order valence-corrected chi connectivity index (χ2v) is 3.04. The van der Waals surface area contributed by atoms with Crippen LogP contribution in [0.5, 0.6) is 0 Å². The highest BCUT2D eigenvalue weighted by molar-refractivity contribution is 5.86. The zero-order valence-electron chi connectivity index (χ0n) is 6.12. The molecule has 0 bridgehead atoms. The van der Waals surface area contributed by atoms with Gasteiger partial charge in [0.15, 0.2) is 0 Å². The van der Waals surface area contributed by atoms with Crippen molar-refractivity contribution in [3.05, 3.63) is 11.6 Å². The first-order valence-electron chi connectivity index (χ1n) is 3.86. The minimum Gasteiger partial charge on any atom is -0.452 e. The zero-order valence-corrected chi connectivity index (χ0v) is 6.12. The predicted molar refractivity (Wildman–Crippen MR) is 37.8 cm³/mol. The lowest BCUT2D eigenvalue weighted by Gasteiger charge is -2.24. The van der Waals surface area contributed by atoms with Crippen molar-refractivity contribution in [2.24, 2.45) is 0 Å². The largest absolute Gasteiger partial charge is 0.452 e. The molecule has 2 rings (SSSR count). The van der Waals surface area contributed by atoms with Crippen molar-refractivity contribution in [1.29, 1.82) is 0 Å². The number of aliphatic hydroxyl groups excluding tert-OH is 1. The second-order valence-electron chi connectivity index (χ2n) is 3.04. The number of hydrogen-bond donors (Lipinski definition) is 1. The normalized spacial score (nSPS) is 36.1. The highest BCUT2D eigenvalue weighted by atomic mass is 16.6. The molecule has 1 fully saturated rings. The molecule has 1 heterocycles. The molecule has 2 aliphatic rings. The van der Waals surface area contributed by atoms with E-state index >= 15 is 0 Å². The van der Waals surface area contributed by atoms with Gasteiger partial charge in [0.1, 0.15) is 6.10 Å². The summed E-state index contributed by atoms with van der Waals surface area (Å²) in [5.74, 6) is -0.300. The molecule has 1 aliphatic carbocycles. The molecule has 3 nitrogen and oxygen atoms in total. The summed E-state index contributed by atoms with van der Waals surface area (Å²) in [4.78, 5) is 10.7. The zero-order chi connectivity index (χ0) is 7.84. The van der Waals surface area contributed by atoms with Crippen molar-refractivity contribution in [2.45, 2.75) is 31.5 Å². The summed E-state index contributed by atoms with van der Waals surface area (Å²) in [5.41, 5.74) is 0.966. The van der Waals surface area contributed by atoms with Crippen LogP contribution in [-0.2, 0) is 9.53 Å². The molecule has 11 heavy (non-hydrogen) atoms. The molecule has 0 aromatic carbocycles. The fourth-order valence-electron chi connectivity index (χ4n) is 1.68. The molecular formula is C8H10O3. The first kappa shape index (κ1) is 6.85. The van der Waals surface area contributed by atoms with Crippen LogP contribution in [0.15, 0.2) is 11.6 Å². The summed E-state index contributed by atoms with van der Waals surface area (Å²) in [7, 11) is 0. The van der Waals surface area contributed by atoms with Crippen LogP contribution in [0, 0.1) is 0 Å². The van der Waals surface area contributed by atoms with Gasteiger partial charge in [0.25, 0.3) is 0 Å². The lowest BCUT2D eigenvalue weighted by atomic mass is 9.91. The van der Waals surface area contributed by atoms with Crippen molar-refractivity contribution in [1.82, 2.24) is 0 Å². The third kappa shape index (κ3) is 1.05. The van der Waals surface area contributed by atoms with Crippen LogP contribution < -0.4 is 0 Å². The van der Waals surface area contributed by atoms with Crippen molar-refractivity contribution in [2.75, 3.05) is 0 Å². The number of carbonyl (C=O) groups excluding carboxylic acids is 1. The Bertz CT molecular complexity index is 219. The average Bonchev–Trinajstić information content (AvgIpc) is 2.31. The van der Waals surface area contributed by atoms with Gasteiger partial charge in [-0.1, -0.05) is 0 Å². The average molecular weight is 154 g/mol. The molecule has 1 saturated carbocycles. The maximum absolute atomic E-state index is 10.7. The van der Waals surface area contributed by atoms with Gasteiger partial charge in [-0.15, -0.1) is 0 Å². The van der Waals surface area contributed by atoms with Crippen LogP contribution in [0.25, 0.3) is 0 Å². The van der Waals surface area contributed by atoms with E-state index in [-0.39, 0.29) is 12.1 Å². The molecule has 0 spiro atoms. The highest BCUT2D eigenvalue weighted by Crippen LogP contribution is 2.30. The van der Waals surface area contributed by atoms with Crippen LogP contribution >= 0.6 is 0 Å². The third-order valence-corrected chi connectivity index (χ3v) is 2.23. The number of carbonyl (C=O) groups is 1. The number of fused-ring (bicyclic) bond motifs is 1. The third-order valence-electron chi connectivity index (χ3n) is 2.23. The Labute approximate surface area is 64.7 Å². The fraction of sp³-hybridized carbons (Fsp3) is 0.625. The summed E-state index contributed by atoms with van der Waals surface area (Å²) in [6, 6.07) is 0. The molecule has 2 atom stereocenters. The standard InChI is InChI=1S/C8H10O3/c9-6-3-1-2-5-4-7(10)11-8(5)6/h4,6,8-9H,1-3H2/t6-,8-/m1/s1. The monoisotopic (exact) mass is 154 g/mol. The SMILES string of the molecule is O=C1C=C2CCC[C@@H](O)[C@@H]2O1. The second kappa shape index (κ2) is 2.34. The van der Waals surface area contributed by atoms with E-state index in [1.807, 2.05) is 0 Å². The molecule has 0 radical (unpaired) electrons. The molecule has 0 unspecified atom stereocenters.